The first-order valence-corrected chi connectivity index (χ1v) is 28.6. The molecular formula is C59H90N8O5. The van der Waals surface area contributed by atoms with Crippen LogP contribution in [0.3, 0.4) is 0 Å². The Hall–Kier alpha value is -4.14. The number of benzene rings is 2. The minimum atomic E-state index is 0.0550. The van der Waals surface area contributed by atoms with E-state index in [1.807, 2.05) is 0 Å². The van der Waals surface area contributed by atoms with Crippen LogP contribution in [-0.4, -0.2) is 154 Å². The molecule has 396 valence electrons. The van der Waals surface area contributed by atoms with Gasteiger partial charge in [0, 0.05) is 90.2 Å². The largest absolute Gasteiger partial charge is 0.493 e. The van der Waals surface area contributed by atoms with Gasteiger partial charge in [0.25, 0.3) is 0 Å². The lowest BCUT2D eigenvalue weighted by Gasteiger charge is -2.35. The SMILES string of the molecule is COc1cc2c(NC3CCN(C(C)C)CC3)cc(C3CCCCC3)nc2cc1OCCCN1CCCC1.COc1cc2c(NC3CCN(C)CC3)cc(C3CCC(C)O3)nc2cc1OCCCN1CCCC1. The van der Waals surface area contributed by atoms with Crippen molar-refractivity contribution in [1.29, 1.82) is 0 Å². The molecular weight excluding hydrogens is 901 g/mol. The lowest BCUT2D eigenvalue weighted by atomic mass is 9.86. The van der Waals surface area contributed by atoms with Crippen molar-refractivity contribution < 1.29 is 23.7 Å². The van der Waals surface area contributed by atoms with Gasteiger partial charge in [0.2, 0.25) is 0 Å². The van der Waals surface area contributed by atoms with Gasteiger partial charge < -0.3 is 53.9 Å². The Morgan fingerprint density at radius 2 is 1.07 bits per heavy atom. The topological polar surface area (TPSA) is 109 Å². The molecule has 0 amide bonds. The van der Waals surface area contributed by atoms with Crippen molar-refractivity contribution in [3.63, 3.8) is 0 Å². The molecule has 2 aromatic carbocycles. The average molecular weight is 991 g/mol. The highest BCUT2D eigenvalue weighted by molar-refractivity contribution is 5.95. The third-order valence-corrected chi connectivity index (χ3v) is 16.7. The van der Waals surface area contributed by atoms with Gasteiger partial charge in [0.05, 0.1) is 56.4 Å². The van der Waals surface area contributed by atoms with Gasteiger partial charge in [-0.2, -0.15) is 0 Å². The normalized spacial score (nSPS) is 22.4. The second-order valence-corrected chi connectivity index (χ2v) is 22.3. The molecule has 0 bridgehead atoms. The van der Waals surface area contributed by atoms with Crippen LogP contribution in [0.1, 0.15) is 153 Å². The molecule has 10 rings (SSSR count). The summed E-state index contributed by atoms with van der Waals surface area (Å²) in [4.78, 5) is 20.4. The average Bonchev–Trinajstić information content (AvgIpc) is 4.22. The number of likely N-dealkylation sites (tertiary alicyclic amines) is 4. The molecule has 2 N–H and O–H groups in total. The molecule has 1 saturated carbocycles. The van der Waals surface area contributed by atoms with Gasteiger partial charge in [0.15, 0.2) is 23.0 Å². The zero-order chi connectivity index (χ0) is 49.8. The number of aromatic nitrogens is 2. The molecule has 2 aromatic heterocycles. The van der Waals surface area contributed by atoms with Gasteiger partial charge in [-0.15, -0.1) is 0 Å². The highest BCUT2D eigenvalue weighted by atomic mass is 16.5. The van der Waals surface area contributed by atoms with Crippen molar-refractivity contribution in [1.82, 2.24) is 29.6 Å². The first kappa shape index (κ1) is 52.7. The van der Waals surface area contributed by atoms with Gasteiger partial charge in [-0.25, -0.2) is 4.98 Å². The second-order valence-electron chi connectivity index (χ2n) is 22.3. The summed E-state index contributed by atoms with van der Waals surface area (Å²) in [5.41, 5.74) is 6.58. The van der Waals surface area contributed by atoms with Crippen molar-refractivity contribution in [2.45, 2.75) is 166 Å². The van der Waals surface area contributed by atoms with Gasteiger partial charge in [-0.1, -0.05) is 19.3 Å². The fourth-order valence-electron chi connectivity index (χ4n) is 12.2. The van der Waals surface area contributed by atoms with E-state index in [1.165, 1.54) is 108 Å². The summed E-state index contributed by atoms with van der Waals surface area (Å²) in [6, 6.07) is 14.6. The highest BCUT2D eigenvalue weighted by Gasteiger charge is 2.28. The van der Waals surface area contributed by atoms with E-state index in [1.54, 1.807) is 14.2 Å². The van der Waals surface area contributed by atoms with Crippen LogP contribution in [0.4, 0.5) is 11.4 Å². The number of nitrogens with one attached hydrogen (secondary N) is 2. The molecule has 1 aliphatic carbocycles. The van der Waals surface area contributed by atoms with Gasteiger partial charge in [0.1, 0.15) is 0 Å². The van der Waals surface area contributed by atoms with Crippen LogP contribution in [-0.2, 0) is 4.74 Å². The molecule has 13 nitrogen and oxygen atoms in total. The Labute approximate surface area is 432 Å². The smallest absolute Gasteiger partial charge is 0.163 e. The number of rotatable bonds is 19. The van der Waals surface area contributed by atoms with Gasteiger partial charge >= 0.3 is 0 Å². The number of piperidine rings is 2. The van der Waals surface area contributed by atoms with Crippen molar-refractivity contribution in [2.24, 2.45) is 0 Å². The minimum absolute atomic E-state index is 0.0550. The molecule has 6 fully saturated rings. The zero-order valence-electron chi connectivity index (χ0n) is 45.2. The number of anilines is 2. The van der Waals surface area contributed by atoms with Crippen LogP contribution in [0.15, 0.2) is 36.4 Å². The maximum absolute atomic E-state index is 6.29. The monoisotopic (exact) mass is 991 g/mol. The molecule has 5 saturated heterocycles. The molecule has 7 heterocycles. The van der Waals surface area contributed by atoms with E-state index in [9.17, 15) is 0 Å². The number of methoxy groups -OCH3 is 2. The third-order valence-electron chi connectivity index (χ3n) is 16.7. The van der Waals surface area contributed by atoms with Crippen molar-refractivity contribution in [2.75, 3.05) is 111 Å². The summed E-state index contributed by atoms with van der Waals surface area (Å²) >= 11 is 0. The Bertz CT molecular complexity index is 2310. The molecule has 6 aliphatic rings. The molecule has 0 spiro atoms. The van der Waals surface area contributed by atoms with Crippen molar-refractivity contribution >= 4 is 33.2 Å². The van der Waals surface area contributed by atoms with E-state index in [0.29, 0.717) is 37.3 Å². The summed E-state index contributed by atoms with van der Waals surface area (Å²) in [7, 11) is 5.67. The van der Waals surface area contributed by atoms with Crippen LogP contribution >= 0.6 is 0 Å². The predicted molar refractivity (Wildman–Crippen MR) is 294 cm³/mol. The van der Waals surface area contributed by atoms with E-state index in [2.05, 4.69) is 94.5 Å². The lowest BCUT2D eigenvalue weighted by molar-refractivity contribution is 0.0532. The first-order chi connectivity index (χ1) is 35.2. The first-order valence-electron chi connectivity index (χ1n) is 28.6. The van der Waals surface area contributed by atoms with Crippen molar-refractivity contribution in [3.05, 3.63) is 47.8 Å². The predicted octanol–water partition coefficient (Wildman–Crippen LogP) is 11.3. The zero-order valence-corrected chi connectivity index (χ0v) is 45.2. The van der Waals surface area contributed by atoms with Crippen LogP contribution in [0.25, 0.3) is 21.8 Å². The Kier molecular flexibility index (Phi) is 18.9. The highest BCUT2D eigenvalue weighted by Crippen LogP contribution is 2.42. The lowest BCUT2D eigenvalue weighted by Crippen LogP contribution is -2.42. The summed E-state index contributed by atoms with van der Waals surface area (Å²) in [5, 5.41) is 10.0. The molecule has 0 radical (unpaired) electrons. The number of nitrogens with zero attached hydrogens (tertiary/aromatic N) is 6. The van der Waals surface area contributed by atoms with Crippen LogP contribution in [0.5, 0.6) is 23.0 Å². The third kappa shape index (κ3) is 14.0. The fraction of sp³-hybridized carbons (Fsp3) is 0.695. The number of hydrogen-bond acceptors (Lipinski definition) is 13. The summed E-state index contributed by atoms with van der Waals surface area (Å²) < 4.78 is 30.3. The number of hydrogen-bond donors (Lipinski definition) is 2. The van der Waals surface area contributed by atoms with Crippen LogP contribution < -0.4 is 29.6 Å². The van der Waals surface area contributed by atoms with Gasteiger partial charge in [-0.3, -0.25) is 4.98 Å². The molecule has 13 heteroatoms. The molecule has 2 atom stereocenters. The Morgan fingerprint density at radius 1 is 0.569 bits per heavy atom. The van der Waals surface area contributed by atoms with E-state index in [4.69, 9.17) is 33.7 Å². The Morgan fingerprint density at radius 3 is 1.56 bits per heavy atom. The van der Waals surface area contributed by atoms with E-state index < -0.39 is 0 Å². The van der Waals surface area contributed by atoms with E-state index in [-0.39, 0.29) is 12.2 Å². The quantitative estimate of drug-likeness (QED) is 0.0871. The van der Waals surface area contributed by atoms with Gasteiger partial charge in [-0.05, 0) is 181 Å². The fourth-order valence-corrected chi connectivity index (χ4v) is 12.2. The maximum Gasteiger partial charge on any atom is 0.163 e. The Balaban J connectivity index is 0.000000178. The molecule has 4 aromatic rings. The summed E-state index contributed by atoms with van der Waals surface area (Å²) in [6.45, 7) is 19.8. The minimum Gasteiger partial charge on any atom is -0.493 e. The maximum atomic E-state index is 6.29. The number of pyridine rings is 2. The van der Waals surface area contributed by atoms with E-state index >= 15 is 0 Å². The number of fused-ring (bicyclic) bond motifs is 2. The van der Waals surface area contributed by atoms with Crippen molar-refractivity contribution in [3.8, 4) is 23.0 Å². The standard InChI is InChI=1S/C31H48N4O2.C28H42N4O3/c1-23(2)35-17-12-25(13-18-35)32-28-21-27(24-10-5-4-6-11-24)33-29-22-31(30(36-3)20-26(28)29)37-19-9-16-34-14-7-8-15-34;1-20-7-8-26(35-20)25-18-23(29-21-9-14-31(2)15-10-21)22-17-27(33-3)28(19-24(22)30-25)34-16-6-13-32-11-4-5-12-32/h20-25H,4-19H2,1-3H3,(H,32,33);17-21,26H,4-16H2,1-3H3,(H,29,30). The van der Waals surface area contributed by atoms with Crippen LogP contribution in [0.2, 0.25) is 0 Å². The molecule has 2 unspecified atom stereocenters. The van der Waals surface area contributed by atoms with E-state index in [0.717, 1.165) is 134 Å². The molecule has 72 heavy (non-hydrogen) atoms. The van der Waals surface area contributed by atoms with Crippen LogP contribution in [0, 0.1) is 0 Å². The molecule has 5 aliphatic heterocycles. The summed E-state index contributed by atoms with van der Waals surface area (Å²) in [6.07, 6.45) is 20.9. The number of ether oxygens (including phenoxy) is 5. The second kappa shape index (κ2) is 25.9. The summed E-state index contributed by atoms with van der Waals surface area (Å²) in [5.74, 6) is 3.73.